The minimum absolute atomic E-state index is 0.0224. The van der Waals surface area contributed by atoms with Crippen molar-refractivity contribution in [1.82, 2.24) is 4.98 Å². The molecule has 33 heavy (non-hydrogen) atoms. The van der Waals surface area contributed by atoms with Crippen molar-refractivity contribution < 1.29 is 19.1 Å². The Morgan fingerprint density at radius 1 is 1.27 bits per heavy atom. The zero-order chi connectivity index (χ0) is 24.1. The third-order valence-corrected chi connectivity index (χ3v) is 6.68. The van der Waals surface area contributed by atoms with Gasteiger partial charge in [0.05, 0.1) is 31.0 Å². The Morgan fingerprint density at radius 2 is 1.97 bits per heavy atom. The van der Waals surface area contributed by atoms with E-state index in [1.807, 2.05) is 18.7 Å². The lowest BCUT2D eigenvalue weighted by atomic mass is 9.76. The molecule has 2 unspecified atom stereocenters. The molecule has 178 valence electrons. The second-order valence-electron chi connectivity index (χ2n) is 8.74. The number of anilines is 2. The summed E-state index contributed by atoms with van der Waals surface area (Å²) in [6.07, 6.45) is 5.30. The number of hydrogen-bond acceptors (Lipinski definition) is 6. The van der Waals surface area contributed by atoms with Crippen molar-refractivity contribution in [3.63, 3.8) is 0 Å². The number of fused-ring (bicyclic) bond motifs is 1. The van der Waals surface area contributed by atoms with Crippen LogP contribution in [0.4, 0.5) is 11.5 Å². The van der Waals surface area contributed by atoms with Gasteiger partial charge in [-0.3, -0.25) is 9.59 Å². The standard InChI is InChI=1S/C26H35N3O4/c1-7-9-21(8-2)16-33-25(31)15-22-17(3)19(5)29(20(6)30)26-18(4)27-24(14-23(22)26)28-10-12-32-13-11-28/h7-9,14,17,19,22H,1-2,10-13,15-16H2,3-6H3/b21-9+/t17?,19?,22-/m1/s1. The first-order chi connectivity index (χ1) is 15.8. The van der Waals surface area contributed by atoms with E-state index in [1.165, 1.54) is 0 Å². The van der Waals surface area contributed by atoms with Gasteiger partial charge in [0.15, 0.2) is 0 Å². The lowest BCUT2D eigenvalue weighted by molar-refractivity contribution is -0.143. The molecular formula is C26H35N3O4. The molecule has 0 saturated carbocycles. The molecule has 1 fully saturated rings. The number of hydrogen-bond donors (Lipinski definition) is 0. The third-order valence-electron chi connectivity index (χ3n) is 6.68. The van der Waals surface area contributed by atoms with Crippen molar-refractivity contribution in [2.24, 2.45) is 5.92 Å². The Bertz CT molecular complexity index is 949. The van der Waals surface area contributed by atoms with Gasteiger partial charge < -0.3 is 19.3 Å². The number of amides is 1. The minimum atomic E-state index is -0.277. The average molecular weight is 454 g/mol. The Morgan fingerprint density at radius 3 is 2.58 bits per heavy atom. The predicted molar refractivity (Wildman–Crippen MR) is 131 cm³/mol. The lowest BCUT2D eigenvalue weighted by Gasteiger charge is -2.44. The average Bonchev–Trinajstić information content (AvgIpc) is 2.80. The first-order valence-electron chi connectivity index (χ1n) is 11.5. The highest BCUT2D eigenvalue weighted by atomic mass is 16.5. The van der Waals surface area contributed by atoms with Crippen LogP contribution in [0, 0.1) is 12.8 Å². The van der Waals surface area contributed by atoms with Gasteiger partial charge in [-0.2, -0.15) is 0 Å². The van der Waals surface area contributed by atoms with E-state index in [-0.39, 0.29) is 42.8 Å². The number of aryl methyl sites for hydroxylation is 1. The van der Waals surface area contributed by atoms with E-state index in [0.29, 0.717) is 13.2 Å². The summed E-state index contributed by atoms with van der Waals surface area (Å²) < 4.78 is 11.0. The molecular weight excluding hydrogens is 418 g/mol. The number of esters is 1. The number of allylic oxidation sites excluding steroid dienone is 2. The predicted octanol–water partition coefficient (Wildman–Crippen LogP) is 3.93. The normalized spacial score (nSPS) is 23.0. The number of carbonyl (C=O) groups is 2. The number of aromatic nitrogens is 1. The summed E-state index contributed by atoms with van der Waals surface area (Å²) in [4.78, 5) is 34.3. The summed E-state index contributed by atoms with van der Waals surface area (Å²) in [5.41, 5.74) is 3.39. The van der Waals surface area contributed by atoms with Crippen LogP contribution in [0.1, 0.15) is 44.4 Å². The number of nitrogens with zero attached hydrogens (tertiary/aromatic N) is 3. The molecule has 0 aliphatic carbocycles. The molecule has 0 radical (unpaired) electrons. The van der Waals surface area contributed by atoms with E-state index in [1.54, 1.807) is 25.2 Å². The van der Waals surface area contributed by atoms with Gasteiger partial charge in [0, 0.05) is 32.0 Å². The molecule has 3 atom stereocenters. The molecule has 2 aliphatic heterocycles. The van der Waals surface area contributed by atoms with E-state index in [2.05, 4.69) is 31.0 Å². The zero-order valence-electron chi connectivity index (χ0n) is 20.2. The molecule has 2 aliphatic rings. The number of pyridine rings is 1. The molecule has 1 amide bonds. The van der Waals surface area contributed by atoms with Gasteiger partial charge >= 0.3 is 5.97 Å². The number of carbonyl (C=O) groups excluding carboxylic acids is 2. The van der Waals surface area contributed by atoms with Crippen LogP contribution in [0.25, 0.3) is 0 Å². The fraction of sp³-hybridized carbons (Fsp3) is 0.500. The van der Waals surface area contributed by atoms with Crippen molar-refractivity contribution >= 4 is 23.4 Å². The summed E-state index contributed by atoms with van der Waals surface area (Å²) in [7, 11) is 0. The van der Waals surface area contributed by atoms with E-state index < -0.39 is 0 Å². The van der Waals surface area contributed by atoms with Crippen molar-refractivity contribution in [3.05, 3.63) is 54.3 Å². The Hall–Kier alpha value is -2.93. The van der Waals surface area contributed by atoms with Crippen LogP contribution in [0.3, 0.4) is 0 Å². The van der Waals surface area contributed by atoms with Gasteiger partial charge in [0.25, 0.3) is 0 Å². The van der Waals surface area contributed by atoms with Crippen LogP contribution in [-0.2, 0) is 19.1 Å². The van der Waals surface area contributed by atoms with Crippen molar-refractivity contribution in [2.75, 3.05) is 42.7 Å². The van der Waals surface area contributed by atoms with Crippen LogP contribution in [-0.4, -0.2) is 55.8 Å². The summed E-state index contributed by atoms with van der Waals surface area (Å²) in [5.74, 6) is 0.540. The Balaban J connectivity index is 1.96. The fourth-order valence-corrected chi connectivity index (χ4v) is 4.75. The van der Waals surface area contributed by atoms with Crippen LogP contribution in [0.15, 0.2) is 43.0 Å². The number of rotatable bonds is 7. The summed E-state index contributed by atoms with van der Waals surface area (Å²) in [6.45, 7) is 18.1. The van der Waals surface area contributed by atoms with Crippen LogP contribution in [0.5, 0.6) is 0 Å². The lowest BCUT2D eigenvalue weighted by Crippen LogP contribution is -2.48. The van der Waals surface area contributed by atoms with Crippen LogP contribution < -0.4 is 9.80 Å². The first kappa shape index (κ1) is 24.7. The molecule has 1 aromatic heterocycles. The minimum Gasteiger partial charge on any atom is -0.461 e. The largest absolute Gasteiger partial charge is 0.461 e. The molecule has 1 saturated heterocycles. The van der Waals surface area contributed by atoms with Crippen molar-refractivity contribution in [1.29, 1.82) is 0 Å². The highest BCUT2D eigenvalue weighted by Gasteiger charge is 2.41. The Kier molecular flexibility index (Phi) is 8.08. The monoisotopic (exact) mass is 453 g/mol. The van der Waals surface area contributed by atoms with E-state index >= 15 is 0 Å². The summed E-state index contributed by atoms with van der Waals surface area (Å²) >= 11 is 0. The van der Waals surface area contributed by atoms with E-state index in [9.17, 15) is 9.59 Å². The van der Waals surface area contributed by atoms with Gasteiger partial charge in [-0.25, -0.2) is 4.98 Å². The fourth-order valence-electron chi connectivity index (χ4n) is 4.75. The summed E-state index contributed by atoms with van der Waals surface area (Å²) in [6, 6.07) is 1.99. The highest BCUT2D eigenvalue weighted by Crippen LogP contribution is 2.46. The Labute approximate surface area is 196 Å². The zero-order valence-corrected chi connectivity index (χ0v) is 20.2. The molecule has 1 aromatic rings. The molecule has 7 heteroatoms. The number of ether oxygens (including phenoxy) is 2. The molecule has 0 bridgehead atoms. The third kappa shape index (κ3) is 5.36. The maximum absolute atomic E-state index is 12.9. The molecule has 3 heterocycles. The van der Waals surface area contributed by atoms with Gasteiger partial charge in [-0.1, -0.05) is 38.3 Å². The molecule has 0 aromatic carbocycles. The van der Waals surface area contributed by atoms with Crippen LogP contribution >= 0.6 is 0 Å². The first-order valence-corrected chi connectivity index (χ1v) is 11.5. The van der Waals surface area contributed by atoms with Gasteiger partial charge in [-0.15, -0.1) is 0 Å². The molecule has 0 spiro atoms. The quantitative estimate of drug-likeness (QED) is 0.460. The molecule has 3 rings (SSSR count). The smallest absolute Gasteiger partial charge is 0.306 e. The van der Waals surface area contributed by atoms with Crippen molar-refractivity contribution in [3.8, 4) is 0 Å². The molecule has 7 nitrogen and oxygen atoms in total. The van der Waals surface area contributed by atoms with E-state index in [4.69, 9.17) is 14.5 Å². The van der Waals surface area contributed by atoms with E-state index in [0.717, 1.165) is 41.4 Å². The maximum Gasteiger partial charge on any atom is 0.306 e. The van der Waals surface area contributed by atoms with Gasteiger partial charge in [0.2, 0.25) is 5.91 Å². The second-order valence-corrected chi connectivity index (χ2v) is 8.74. The van der Waals surface area contributed by atoms with Crippen LogP contribution in [0.2, 0.25) is 0 Å². The second kappa shape index (κ2) is 10.8. The number of morpholine rings is 1. The van der Waals surface area contributed by atoms with Crippen molar-refractivity contribution in [2.45, 2.75) is 46.1 Å². The van der Waals surface area contributed by atoms with Gasteiger partial charge in [-0.05, 0) is 37.0 Å². The molecule has 0 N–H and O–H groups in total. The topological polar surface area (TPSA) is 72.0 Å². The maximum atomic E-state index is 12.9. The summed E-state index contributed by atoms with van der Waals surface area (Å²) in [5, 5.41) is 0. The SMILES string of the molecule is C=C/C=C(\C=C)COC(=O)C[C@H]1c2cc(N3CCOCC3)nc(C)c2N(C(C)=O)C(C)C1C. The highest BCUT2D eigenvalue weighted by molar-refractivity contribution is 5.95. The van der Waals surface area contributed by atoms with Gasteiger partial charge in [0.1, 0.15) is 12.4 Å².